The first-order valence-electron chi connectivity index (χ1n) is 9.33. The fourth-order valence-corrected chi connectivity index (χ4v) is 3.77. The lowest BCUT2D eigenvalue weighted by Gasteiger charge is -2.12. The van der Waals surface area contributed by atoms with Gasteiger partial charge in [-0.2, -0.15) is 5.26 Å². The molecule has 3 aromatic carbocycles. The largest absolute Gasteiger partial charge is 0.493 e. The van der Waals surface area contributed by atoms with Gasteiger partial charge >= 0.3 is 0 Å². The number of carbonyl (C=O) groups excluding carboxylic acids is 1. The third-order valence-electron chi connectivity index (χ3n) is 4.34. The number of halogens is 3. The Morgan fingerprint density at radius 1 is 1.12 bits per heavy atom. The fraction of sp³-hybridized carbons (Fsp3) is 0.0833. The summed E-state index contributed by atoms with van der Waals surface area (Å²) < 4.78 is 12.2. The van der Waals surface area contributed by atoms with Crippen molar-refractivity contribution in [2.45, 2.75) is 6.61 Å². The molecule has 162 valence electrons. The van der Waals surface area contributed by atoms with E-state index in [-0.39, 0.29) is 12.2 Å². The van der Waals surface area contributed by atoms with Crippen LogP contribution in [0.5, 0.6) is 11.5 Å². The van der Waals surface area contributed by atoms with E-state index in [0.29, 0.717) is 32.8 Å². The average molecular weight is 579 g/mol. The molecule has 0 atom stereocenters. The Morgan fingerprint density at radius 2 is 1.94 bits per heavy atom. The molecule has 0 aliphatic heterocycles. The fourth-order valence-electron chi connectivity index (χ4n) is 2.77. The van der Waals surface area contributed by atoms with Crippen LogP contribution in [0.2, 0.25) is 10.0 Å². The summed E-state index contributed by atoms with van der Waals surface area (Å²) in [5.74, 6) is 0.461. The first-order chi connectivity index (χ1) is 15.4. The van der Waals surface area contributed by atoms with Gasteiger partial charge in [-0.3, -0.25) is 4.79 Å². The number of carbonyl (C=O) groups is 1. The van der Waals surface area contributed by atoms with Crippen LogP contribution in [0, 0.1) is 14.9 Å². The summed E-state index contributed by atoms with van der Waals surface area (Å²) in [5.41, 5.74) is 1.98. The number of nitrogens with one attached hydrogen (secondary N) is 1. The molecule has 0 heterocycles. The van der Waals surface area contributed by atoms with Gasteiger partial charge in [0.2, 0.25) is 0 Å². The topological polar surface area (TPSA) is 71.3 Å². The number of ether oxygens (including phenoxy) is 2. The highest BCUT2D eigenvalue weighted by molar-refractivity contribution is 14.1. The minimum Gasteiger partial charge on any atom is -0.493 e. The van der Waals surface area contributed by atoms with Crippen LogP contribution in [0.4, 0.5) is 5.69 Å². The number of hydrogen-bond acceptors (Lipinski definition) is 4. The zero-order chi connectivity index (χ0) is 23.1. The maximum absolute atomic E-state index is 12.5. The minimum absolute atomic E-state index is 0.0347. The molecular weight excluding hydrogens is 562 g/mol. The van der Waals surface area contributed by atoms with Gasteiger partial charge in [-0.1, -0.05) is 41.4 Å². The van der Waals surface area contributed by atoms with Crippen molar-refractivity contribution < 1.29 is 14.3 Å². The number of nitrogens with zero attached hydrogens (tertiary/aromatic N) is 1. The van der Waals surface area contributed by atoms with E-state index in [1.807, 2.05) is 24.3 Å². The number of hydrogen-bond donors (Lipinski definition) is 1. The van der Waals surface area contributed by atoms with Crippen LogP contribution in [0.25, 0.3) is 6.08 Å². The van der Waals surface area contributed by atoms with Crippen molar-refractivity contribution in [2.75, 3.05) is 12.4 Å². The van der Waals surface area contributed by atoms with Gasteiger partial charge in [-0.15, -0.1) is 0 Å². The zero-order valence-electron chi connectivity index (χ0n) is 16.9. The molecule has 0 fully saturated rings. The van der Waals surface area contributed by atoms with Gasteiger partial charge in [0.05, 0.1) is 7.11 Å². The monoisotopic (exact) mass is 578 g/mol. The molecule has 0 aliphatic rings. The van der Waals surface area contributed by atoms with E-state index < -0.39 is 5.91 Å². The van der Waals surface area contributed by atoms with Crippen LogP contribution < -0.4 is 14.8 Å². The Balaban J connectivity index is 1.76. The number of amides is 1. The molecule has 0 spiro atoms. The molecule has 0 saturated carbocycles. The summed E-state index contributed by atoms with van der Waals surface area (Å²) in [6, 6.07) is 19.6. The highest BCUT2D eigenvalue weighted by Crippen LogP contribution is 2.31. The van der Waals surface area contributed by atoms with Crippen molar-refractivity contribution in [3.05, 3.63) is 91.0 Å². The van der Waals surface area contributed by atoms with E-state index in [1.165, 1.54) is 13.2 Å². The molecule has 0 radical (unpaired) electrons. The van der Waals surface area contributed by atoms with E-state index in [0.717, 1.165) is 9.13 Å². The predicted molar refractivity (Wildman–Crippen MR) is 135 cm³/mol. The first kappa shape index (κ1) is 23.9. The van der Waals surface area contributed by atoms with Crippen molar-refractivity contribution in [1.82, 2.24) is 0 Å². The Kier molecular flexibility index (Phi) is 8.39. The van der Waals surface area contributed by atoms with Crippen LogP contribution in [0.15, 0.2) is 66.2 Å². The number of rotatable bonds is 7. The van der Waals surface area contributed by atoms with Gasteiger partial charge in [-0.05, 0) is 76.7 Å². The van der Waals surface area contributed by atoms with Gasteiger partial charge < -0.3 is 14.8 Å². The Bertz CT molecular complexity index is 1220. The molecule has 1 N–H and O–H groups in total. The molecule has 5 nitrogen and oxygen atoms in total. The van der Waals surface area contributed by atoms with Crippen LogP contribution in [0.1, 0.15) is 11.1 Å². The van der Waals surface area contributed by atoms with Crippen LogP contribution in [-0.4, -0.2) is 13.0 Å². The van der Waals surface area contributed by atoms with Crippen molar-refractivity contribution in [3.8, 4) is 17.6 Å². The molecule has 8 heteroatoms. The molecule has 1 amide bonds. The summed E-state index contributed by atoms with van der Waals surface area (Å²) in [5, 5.41) is 13.3. The maximum Gasteiger partial charge on any atom is 0.266 e. The van der Waals surface area contributed by atoms with Crippen molar-refractivity contribution in [1.29, 1.82) is 5.26 Å². The van der Waals surface area contributed by atoms with Crippen LogP contribution in [0.3, 0.4) is 0 Å². The van der Waals surface area contributed by atoms with Gasteiger partial charge in [-0.25, -0.2) is 0 Å². The van der Waals surface area contributed by atoms with Crippen molar-refractivity contribution in [3.63, 3.8) is 0 Å². The lowest BCUT2D eigenvalue weighted by atomic mass is 10.1. The Labute approximate surface area is 209 Å². The number of nitriles is 1. The summed E-state index contributed by atoms with van der Waals surface area (Å²) in [6.45, 7) is 0.225. The highest BCUT2D eigenvalue weighted by Gasteiger charge is 2.12. The van der Waals surface area contributed by atoms with Crippen LogP contribution in [-0.2, 0) is 11.4 Å². The van der Waals surface area contributed by atoms with E-state index in [9.17, 15) is 10.1 Å². The lowest BCUT2D eigenvalue weighted by Crippen LogP contribution is -2.13. The molecule has 32 heavy (non-hydrogen) atoms. The second-order valence-corrected chi connectivity index (χ2v) is 8.66. The molecule has 0 aliphatic carbocycles. The summed E-state index contributed by atoms with van der Waals surface area (Å²) >= 11 is 14.3. The summed E-state index contributed by atoms with van der Waals surface area (Å²) in [4.78, 5) is 12.5. The maximum atomic E-state index is 12.5. The van der Waals surface area contributed by atoms with Crippen molar-refractivity contribution in [2.24, 2.45) is 0 Å². The average Bonchev–Trinajstić information content (AvgIpc) is 2.77. The molecular formula is C24H17Cl2IN2O3. The molecule has 0 unspecified atom stereocenters. The Morgan fingerprint density at radius 3 is 2.62 bits per heavy atom. The summed E-state index contributed by atoms with van der Waals surface area (Å²) in [6.07, 6.45) is 1.49. The first-order valence-corrected chi connectivity index (χ1v) is 11.2. The minimum atomic E-state index is -0.494. The molecule has 3 rings (SSSR count). The standard InChI is InChI=1S/C24H17Cl2IN2O3/c1-31-23-10-15(5-8-22(23)32-14-16-6-7-18(25)11-21(16)26)9-17(13-28)24(30)29-20-4-2-3-19(27)12-20/h2-12H,14H2,1H3,(H,29,30)/b17-9+. The zero-order valence-corrected chi connectivity index (χ0v) is 20.5. The Hall–Kier alpha value is -2.73. The van der Waals surface area contributed by atoms with Crippen LogP contribution >= 0.6 is 45.8 Å². The third-order valence-corrected chi connectivity index (χ3v) is 5.60. The quantitative estimate of drug-likeness (QED) is 0.192. The number of benzene rings is 3. The molecule has 0 saturated heterocycles. The second-order valence-electron chi connectivity index (χ2n) is 6.57. The smallest absolute Gasteiger partial charge is 0.266 e. The van der Waals surface area contributed by atoms with Gasteiger partial charge in [0.25, 0.3) is 5.91 Å². The van der Waals surface area contributed by atoms with Gasteiger partial charge in [0.1, 0.15) is 18.2 Å². The van der Waals surface area contributed by atoms with E-state index in [1.54, 1.807) is 42.5 Å². The SMILES string of the molecule is COc1cc(/C=C(\C#N)C(=O)Nc2cccc(I)c2)ccc1OCc1ccc(Cl)cc1Cl. The molecule has 0 aromatic heterocycles. The number of methoxy groups -OCH3 is 1. The van der Waals surface area contributed by atoms with E-state index in [4.69, 9.17) is 32.7 Å². The second kappa shape index (κ2) is 11.2. The van der Waals surface area contributed by atoms with E-state index >= 15 is 0 Å². The molecule has 0 bridgehead atoms. The van der Waals surface area contributed by atoms with Gasteiger partial charge in [0, 0.05) is 24.9 Å². The van der Waals surface area contributed by atoms with E-state index in [2.05, 4.69) is 27.9 Å². The number of anilines is 1. The third kappa shape index (κ3) is 6.39. The van der Waals surface area contributed by atoms with Crippen molar-refractivity contribution >= 4 is 63.5 Å². The van der Waals surface area contributed by atoms with Gasteiger partial charge in [0.15, 0.2) is 11.5 Å². The lowest BCUT2D eigenvalue weighted by molar-refractivity contribution is -0.112. The summed E-state index contributed by atoms with van der Waals surface area (Å²) in [7, 11) is 1.51. The highest BCUT2D eigenvalue weighted by atomic mass is 127. The predicted octanol–water partition coefficient (Wildman–Crippen LogP) is 6.73. The normalized spacial score (nSPS) is 10.9. The molecule has 3 aromatic rings.